The number of rotatable bonds is 2. The number of hydrogen-bond donors (Lipinski definition) is 1. The maximum absolute atomic E-state index is 11.3. The van der Waals surface area contributed by atoms with E-state index in [-0.39, 0.29) is 12.1 Å². The number of nitrogens with zero attached hydrogens (tertiary/aromatic N) is 1. The summed E-state index contributed by atoms with van der Waals surface area (Å²) in [6, 6.07) is 10.3. The third kappa shape index (κ3) is 2.03. The molecule has 0 aromatic heterocycles. The first-order valence-electron chi connectivity index (χ1n) is 5.81. The highest BCUT2D eigenvalue weighted by Gasteiger charge is 2.31. The maximum Gasteiger partial charge on any atom is 0.315 e. The smallest absolute Gasteiger partial charge is 0.315 e. The van der Waals surface area contributed by atoms with Gasteiger partial charge in [0, 0.05) is 18.5 Å². The Bertz CT molecular complexity index is 363. The molecule has 2 rings (SSSR count). The second-order valence-corrected chi connectivity index (χ2v) is 4.44. The van der Waals surface area contributed by atoms with Crippen LogP contribution in [0, 0.1) is 0 Å². The molecule has 1 aromatic carbocycles. The van der Waals surface area contributed by atoms with Crippen LogP contribution in [0.4, 0.5) is 4.79 Å². The zero-order valence-electron chi connectivity index (χ0n) is 9.60. The normalized spacial score (nSPS) is 22.1. The number of nitrogens with two attached hydrogens (primary N) is 1. The Kier molecular flexibility index (Phi) is 3.13. The SMILES string of the molecule is C[C@H](c1ccccc1)C1CCCN1C(N)=O. The average Bonchev–Trinajstić information content (AvgIpc) is 2.78. The van der Waals surface area contributed by atoms with Crippen molar-refractivity contribution in [1.29, 1.82) is 0 Å². The molecule has 2 amide bonds. The highest BCUT2D eigenvalue weighted by Crippen LogP contribution is 2.30. The molecule has 86 valence electrons. The molecular formula is C13H18N2O. The van der Waals surface area contributed by atoms with Crippen LogP contribution in [0.15, 0.2) is 30.3 Å². The quantitative estimate of drug-likeness (QED) is 0.813. The fourth-order valence-corrected chi connectivity index (χ4v) is 2.56. The van der Waals surface area contributed by atoms with Crippen molar-refractivity contribution in [2.24, 2.45) is 5.73 Å². The van der Waals surface area contributed by atoms with E-state index < -0.39 is 0 Å². The van der Waals surface area contributed by atoms with Gasteiger partial charge in [-0.2, -0.15) is 0 Å². The van der Waals surface area contributed by atoms with E-state index in [1.54, 1.807) is 4.90 Å². The molecule has 16 heavy (non-hydrogen) atoms. The number of primary amides is 1. The molecule has 1 saturated heterocycles. The number of hydrogen-bond acceptors (Lipinski definition) is 1. The van der Waals surface area contributed by atoms with E-state index in [1.807, 2.05) is 18.2 Å². The molecule has 3 nitrogen and oxygen atoms in total. The van der Waals surface area contributed by atoms with Gasteiger partial charge in [0.1, 0.15) is 0 Å². The Morgan fingerprint density at radius 3 is 2.75 bits per heavy atom. The predicted molar refractivity (Wildman–Crippen MR) is 64.2 cm³/mol. The molecule has 0 spiro atoms. The lowest BCUT2D eigenvalue weighted by atomic mass is 9.92. The lowest BCUT2D eigenvalue weighted by Crippen LogP contribution is -2.41. The van der Waals surface area contributed by atoms with Crippen molar-refractivity contribution >= 4 is 6.03 Å². The van der Waals surface area contributed by atoms with Crippen molar-refractivity contribution < 1.29 is 4.79 Å². The number of carbonyl (C=O) groups is 1. The van der Waals surface area contributed by atoms with E-state index in [0.29, 0.717) is 5.92 Å². The van der Waals surface area contributed by atoms with E-state index in [2.05, 4.69) is 19.1 Å². The van der Waals surface area contributed by atoms with Gasteiger partial charge in [0.05, 0.1) is 0 Å². The Labute approximate surface area is 96.2 Å². The highest BCUT2D eigenvalue weighted by molar-refractivity contribution is 5.72. The van der Waals surface area contributed by atoms with Gasteiger partial charge in [-0.25, -0.2) is 4.79 Å². The zero-order valence-corrected chi connectivity index (χ0v) is 9.60. The monoisotopic (exact) mass is 218 g/mol. The molecule has 2 atom stereocenters. The molecule has 0 bridgehead atoms. The molecule has 2 N–H and O–H groups in total. The first-order valence-corrected chi connectivity index (χ1v) is 5.81. The van der Waals surface area contributed by atoms with Crippen LogP contribution in [0.5, 0.6) is 0 Å². The van der Waals surface area contributed by atoms with Crippen LogP contribution in [0.1, 0.15) is 31.2 Å². The largest absolute Gasteiger partial charge is 0.351 e. The third-order valence-electron chi connectivity index (χ3n) is 3.48. The van der Waals surface area contributed by atoms with Gasteiger partial charge >= 0.3 is 6.03 Å². The molecule has 0 radical (unpaired) electrons. The third-order valence-corrected chi connectivity index (χ3v) is 3.48. The molecular weight excluding hydrogens is 200 g/mol. The van der Waals surface area contributed by atoms with Crippen LogP contribution in [0.2, 0.25) is 0 Å². The second kappa shape index (κ2) is 4.56. The van der Waals surface area contributed by atoms with Crippen LogP contribution in [-0.2, 0) is 0 Å². The number of carbonyl (C=O) groups excluding carboxylic acids is 1. The topological polar surface area (TPSA) is 46.3 Å². The van der Waals surface area contributed by atoms with Gasteiger partial charge in [-0.3, -0.25) is 0 Å². The molecule has 0 aliphatic carbocycles. The molecule has 1 heterocycles. The summed E-state index contributed by atoms with van der Waals surface area (Å²) in [6.45, 7) is 2.97. The first-order chi connectivity index (χ1) is 7.70. The molecule has 1 unspecified atom stereocenters. The summed E-state index contributed by atoms with van der Waals surface area (Å²) < 4.78 is 0. The lowest BCUT2D eigenvalue weighted by Gasteiger charge is -2.28. The summed E-state index contributed by atoms with van der Waals surface area (Å²) in [5.41, 5.74) is 6.67. The summed E-state index contributed by atoms with van der Waals surface area (Å²) in [5, 5.41) is 0. The van der Waals surface area contributed by atoms with Crippen LogP contribution >= 0.6 is 0 Å². The zero-order chi connectivity index (χ0) is 11.5. The first kappa shape index (κ1) is 11.0. The van der Waals surface area contributed by atoms with E-state index in [4.69, 9.17) is 5.73 Å². The van der Waals surface area contributed by atoms with Crippen LogP contribution in [-0.4, -0.2) is 23.5 Å². The highest BCUT2D eigenvalue weighted by atomic mass is 16.2. The van der Waals surface area contributed by atoms with Crippen LogP contribution in [0.25, 0.3) is 0 Å². The van der Waals surface area contributed by atoms with Gasteiger partial charge in [-0.15, -0.1) is 0 Å². The Morgan fingerprint density at radius 1 is 1.44 bits per heavy atom. The van der Waals surface area contributed by atoms with Crippen molar-refractivity contribution in [2.45, 2.75) is 31.7 Å². The molecule has 0 saturated carbocycles. The van der Waals surface area contributed by atoms with Gasteiger partial charge < -0.3 is 10.6 Å². The van der Waals surface area contributed by atoms with Gasteiger partial charge in [0.2, 0.25) is 0 Å². The van der Waals surface area contributed by atoms with Crippen molar-refractivity contribution in [3.05, 3.63) is 35.9 Å². The van der Waals surface area contributed by atoms with E-state index in [9.17, 15) is 4.79 Å². The van der Waals surface area contributed by atoms with Crippen molar-refractivity contribution in [2.75, 3.05) is 6.54 Å². The molecule has 1 aromatic rings. The van der Waals surface area contributed by atoms with Gasteiger partial charge in [0.15, 0.2) is 0 Å². The second-order valence-electron chi connectivity index (χ2n) is 4.44. The number of likely N-dealkylation sites (tertiary alicyclic amines) is 1. The minimum atomic E-state index is -0.287. The molecule has 1 fully saturated rings. The van der Waals surface area contributed by atoms with Crippen LogP contribution < -0.4 is 5.73 Å². The minimum absolute atomic E-state index is 0.264. The number of urea groups is 1. The predicted octanol–water partition coefficient (Wildman–Crippen LogP) is 2.33. The molecule has 1 aliphatic heterocycles. The van der Waals surface area contributed by atoms with Gasteiger partial charge in [-0.1, -0.05) is 37.3 Å². The Hall–Kier alpha value is -1.51. The summed E-state index contributed by atoms with van der Waals surface area (Å²) in [5.74, 6) is 0.358. The maximum atomic E-state index is 11.3. The minimum Gasteiger partial charge on any atom is -0.351 e. The Balaban J connectivity index is 2.15. The van der Waals surface area contributed by atoms with Gasteiger partial charge in [0.25, 0.3) is 0 Å². The van der Waals surface area contributed by atoms with Gasteiger partial charge in [-0.05, 0) is 18.4 Å². The van der Waals surface area contributed by atoms with Crippen molar-refractivity contribution in [1.82, 2.24) is 4.90 Å². The van der Waals surface area contributed by atoms with E-state index in [0.717, 1.165) is 19.4 Å². The molecule has 1 aliphatic rings. The Morgan fingerprint density at radius 2 is 2.12 bits per heavy atom. The van der Waals surface area contributed by atoms with E-state index >= 15 is 0 Å². The fourth-order valence-electron chi connectivity index (χ4n) is 2.56. The fraction of sp³-hybridized carbons (Fsp3) is 0.462. The summed E-state index contributed by atoms with van der Waals surface area (Å²) in [7, 11) is 0. The summed E-state index contributed by atoms with van der Waals surface area (Å²) in [6.07, 6.45) is 2.11. The van der Waals surface area contributed by atoms with E-state index in [1.165, 1.54) is 5.56 Å². The summed E-state index contributed by atoms with van der Waals surface area (Å²) in [4.78, 5) is 13.1. The average molecular weight is 218 g/mol. The van der Waals surface area contributed by atoms with Crippen LogP contribution in [0.3, 0.4) is 0 Å². The lowest BCUT2D eigenvalue weighted by molar-refractivity contribution is 0.196. The van der Waals surface area contributed by atoms with Crippen molar-refractivity contribution in [3.8, 4) is 0 Å². The summed E-state index contributed by atoms with van der Waals surface area (Å²) >= 11 is 0. The molecule has 3 heteroatoms. The standard InChI is InChI=1S/C13H18N2O/c1-10(11-6-3-2-4-7-11)12-8-5-9-15(12)13(14)16/h2-4,6-7,10,12H,5,8-9H2,1H3,(H2,14,16)/t10-,12?/m1/s1. The number of amides is 2. The van der Waals surface area contributed by atoms with Crippen molar-refractivity contribution in [3.63, 3.8) is 0 Å². The number of benzene rings is 1.